The molecule has 3 heterocycles. The van der Waals surface area contributed by atoms with Crippen LogP contribution in [0.5, 0.6) is 0 Å². The first-order valence-electron chi connectivity index (χ1n) is 8.19. The van der Waals surface area contributed by atoms with Crippen LogP contribution in [-0.2, 0) is 4.79 Å². The summed E-state index contributed by atoms with van der Waals surface area (Å²) in [6, 6.07) is 3.12. The van der Waals surface area contributed by atoms with Gasteiger partial charge in [-0.3, -0.25) is 9.59 Å². The van der Waals surface area contributed by atoms with Crippen molar-refractivity contribution in [3.05, 3.63) is 23.1 Å². The van der Waals surface area contributed by atoms with Gasteiger partial charge in [0.25, 0.3) is 5.91 Å². The van der Waals surface area contributed by atoms with E-state index in [9.17, 15) is 9.59 Å². The molecule has 6 nitrogen and oxygen atoms in total. The molecule has 0 radical (unpaired) electrons. The van der Waals surface area contributed by atoms with Gasteiger partial charge in [0.05, 0.1) is 6.04 Å². The molecule has 0 aromatic carbocycles. The zero-order valence-corrected chi connectivity index (χ0v) is 13.8. The number of hydrogen-bond donors (Lipinski definition) is 2. The fraction of sp³-hybridized carbons (Fsp3) is 0.625. The maximum atomic E-state index is 12.4. The molecule has 3 rings (SSSR count). The van der Waals surface area contributed by atoms with Crippen LogP contribution >= 0.6 is 11.6 Å². The van der Waals surface area contributed by atoms with Crippen molar-refractivity contribution >= 4 is 23.4 Å². The number of likely N-dealkylation sites (tertiary alicyclic amines) is 1. The third-order valence-corrected chi connectivity index (χ3v) is 4.74. The van der Waals surface area contributed by atoms with E-state index in [1.807, 2.05) is 0 Å². The topological polar surface area (TPSA) is 74.6 Å². The number of carbonyl (C=O) groups is 2. The van der Waals surface area contributed by atoms with Crippen molar-refractivity contribution in [1.82, 2.24) is 15.5 Å². The van der Waals surface area contributed by atoms with Crippen LogP contribution < -0.4 is 10.6 Å². The highest BCUT2D eigenvalue weighted by molar-refractivity contribution is 6.29. The predicted octanol–water partition coefficient (Wildman–Crippen LogP) is 1.65. The van der Waals surface area contributed by atoms with Crippen LogP contribution in [0.1, 0.15) is 36.2 Å². The summed E-state index contributed by atoms with van der Waals surface area (Å²) in [5, 5.41) is 6.43. The lowest BCUT2D eigenvalue weighted by Gasteiger charge is -2.32. The number of piperidine rings is 1. The minimum absolute atomic E-state index is 0.0541. The van der Waals surface area contributed by atoms with E-state index in [1.54, 1.807) is 17.0 Å². The third kappa shape index (κ3) is 4.06. The summed E-state index contributed by atoms with van der Waals surface area (Å²) in [6.45, 7) is 2.87. The van der Waals surface area contributed by atoms with Crippen LogP contribution in [0.3, 0.4) is 0 Å². The molecule has 2 saturated heterocycles. The summed E-state index contributed by atoms with van der Waals surface area (Å²) in [6.07, 6.45) is 3.90. The molecule has 1 aromatic rings. The number of furan rings is 1. The second-order valence-electron chi connectivity index (χ2n) is 6.26. The van der Waals surface area contributed by atoms with Crippen molar-refractivity contribution in [3.63, 3.8) is 0 Å². The van der Waals surface area contributed by atoms with Crippen molar-refractivity contribution in [2.24, 2.45) is 5.92 Å². The average Bonchev–Trinajstić information content (AvgIpc) is 3.24. The molecule has 0 spiro atoms. The van der Waals surface area contributed by atoms with Gasteiger partial charge < -0.3 is 20.0 Å². The highest BCUT2D eigenvalue weighted by atomic mass is 35.5. The summed E-state index contributed by atoms with van der Waals surface area (Å²) in [5.74, 6) is 0.493. The lowest BCUT2D eigenvalue weighted by molar-refractivity contribution is -0.123. The summed E-state index contributed by atoms with van der Waals surface area (Å²) in [4.78, 5) is 26.2. The van der Waals surface area contributed by atoms with Crippen molar-refractivity contribution in [2.75, 3.05) is 26.2 Å². The van der Waals surface area contributed by atoms with Gasteiger partial charge in [0.15, 0.2) is 11.0 Å². The quantitative estimate of drug-likeness (QED) is 0.874. The van der Waals surface area contributed by atoms with Crippen LogP contribution in [0, 0.1) is 5.92 Å². The standard InChI is InChI=1S/C16H22ClN3O3/c17-14-6-5-13(23-14)16(22)20-8-2-3-11(10-20)9-19-15(21)12-4-1-7-18-12/h5-6,11-12,18H,1-4,7-10H2,(H,19,21)/t11-,12+/m0/s1. The molecule has 2 amide bonds. The largest absolute Gasteiger partial charge is 0.440 e. The zero-order chi connectivity index (χ0) is 16.2. The predicted molar refractivity (Wildman–Crippen MR) is 86.4 cm³/mol. The number of hydrogen-bond acceptors (Lipinski definition) is 4. The molecule has 0 aliphatic carbocycles. The molecular formula is C16H22ClN3O3. The number of nitrogens with one attached hydrogen (secondary N) is 2. The fourth-order valence-electron chi connectivity index (χ4n) is 3.28. The molecule has 2 aliphatic rings. The van der Waals surface area contributed by atoms with Gasteiger partial charge in [-0.25, -0.2) is 0 Å². The molecule has 2 fully saturated rings. The molecule has 2 aliphatic heterocycles. The van der Waals surface area contributed by atoms with E-state index in [4.69, 9.17) is 16.0 Å². The van der Waals surface area contributed by atoms with Crippen molar-refractivity contribution < 1.29 is 14.0 Å². The summed E-state index contributed by atoms with van der Waals surface area (Å²) < 4.78 is 5.20. The Morgan fingerprint density at radius 3 is 2.91 bits per heavy atom. The van der Waals surface area contributed by atoms with Crippen LogP contribution in [0.25, 0.3) is 0 Å². The molecule has 23 heavy (non-hydrogen) atoms. The Labute approximate surface area is 140 Å². The van der Waals surface area contributed by atoms with Gasteiger partial charge in [0, 0.05) is 19.6 Å². The second kappa shape index (κ2) is 7.36. The monoisotopic (exact) mass is 339 g/mol. The maximum Gasteiger partial charge on any atom is 0.289 e. The first-order chi connectivity index (χ1) is 11.1. The Morgan fingerprint density at radius 1 is 1.35 bits per heavy atom. The fourth-order valence-corrected chi connectivity index (χ4v) is 3.42. The molecule has 0 unspecified atom stereocenters. The van der Waals surface area contributed by atoms with E-state index in [0.29, 0.717) is 19.6 Å². The Morgan fingerprint density at radius 2 is 2.22 bits per heavy atom. The van der Waals surface area contributed by atoms with E-state index in [2.05, 4.69) is 10.6 Å². The van der Waals surface area contributed by atoms with E-state index < -0.39 is 0 Å². The summed E-state index contributed by atoms with van der Waals surface area (Å²) >= 11 is 5.73. The molecule has 1 aromatic heterocycles. The number of halogens is 1. The molecular weight excluding hydrogens is 318 g/mol. The van der Waals surface area contributed by atoms with Gasteiger partial charge in [0.2, 0.25) is 5.91 Å². The first kappa shape index (κ1) is 16.3. The minimum atomic E-state index is -0.134. The summed E-state index contributed by atoms with van der Waals surface area (Å²) in [7, 11) is 0. The van der Waals surface area contributed by atoms with E-state index in [1.165, 1.54) is 0 Å². The van der Waals surface area contributed by atoms with Crippen molar-refractivity contribution in [3.8, 4) is 0 Å². The molecule has 7 heteroatoms. The highest BCUT2D eigenvalue weighted by Crippen LogP contribution is 2.20. The van der Waals surface area contributed by atoms with Crippen LogP contribution in [-0.4, -0.2) is 48.9 Å². The van der Waals surface area contributed by atoms with Crippen LogP contribution in [0.2, 0.25) is 5.22 Å². The number of amides is 2. The van der Waals surface area contributed by atoms with Crippen molar-refractivity contribution in [2.45, 2.75) is 31.7 Å². The Bertz CT molecular complexity index is 569. The lowest BCUT2D eigenvalue weighted by atomic mass is 9.97. The van der Waals surface area contributed by atoms with Gasteiger partial charge in [-0.05, 0) is 61.9 Å². The van der Waals surface area contributed by atoms with Gasteiger partial charge in [-0.2, -0.15) is 0 Å². The van der Waals surface area contributed by atoms with Gasteiger partial charge in [-0.1, -0.05) is 0 Å². The Hall–Kier alpha value is -1.53. The Balaban J connectivity index is 1.49. The van der Waals surface area contributed by atoms with Gasteiger partial charge in [0.1, 0.15) is 0 Å². The molecule has 2 atom stereocenters. The smallest absolute Gasteiger partial charge is 0.289 e. The second-order valence-corrected chi connectivity index (χ2v) is 6.63. The Kier molecular flexibility index (Phi) is 5.23. The lowest BCUT2D eigenvalue weighted by Crippen LogP contribution is -2.46. The van der Waals surface area contributed by atoms with E-state index in [0.717, 1.165) is 32.2 Å². The molecule has 0 bridgehead atoms. The van der Waals surface area contributed by atoms with Crippen molar-refractivity contribution in [1.29, 1.82) is 0 Å². The maximum absolute atomic E-state index is 12.4. The minimum Gasteiger partial charge on any atom is -0.440 e. The van der Waals surface area contributed by atoms with Gasteiger partial charge >= 0.3 is 0 Å². The zero-order valence-electron chi connectivity index (χ0n) is 13.0. The highest BCUT2D eigenvalue weighted by Gasteiger charge is 2.28. The molecule has 2 N–H and O–H groups in total. The molecule has 0 saturated carbocycles. The van der Waals surface area contributed by atoms with Gasteiger partial charge in [-0.15, -0.1) is 0 Å². The first-order valence-corrected chi connectivity index (χ1v) is 8.57. The number of nitrogens with zero attached hydrogens (tertiary/aromatic N) is 1. The number of carbonyl (C=O) groups excluding carboxylic acids is 2. The van der Waals surface area contributed by atoms with E-state index >= 15 is 0 Å². The van der Waals surface area contributed by atoms with Crippen LogP contribution in [0.15, 0.2) is 16.5 Å². The molecule has 126 valence electrons. The van der Waals surface area contributed by atoms with E-state index in [-0.39, 0.29) is 34.8 Å². The third-order valence-electron chi connectivity index (χ3n) is 4.53. The van der Waals surface area contributed by atoms with Crippen LogP contribution in [0.4, 0.5) is 0 Å². The summed E-state index contributed by atoms with van der Waals surface area (Å²) in [5.41, 5.74) is 0. The SMILES string of the molecule is O=C(NC[C@@H]1CCCN(C(=O)c2ccc(Cl)o2)C1)[C@H]1CCCN1. The average molecular weight is 340 g/mol. The normalized spacial score (nSPS) is 24.7. The number of rotatable bonds is 4.